The van der Waals surface area contributed by atoms with E-state index < -0.39 is 152 Å². The zero-order valence-corrected chi connectivity index (χ0v) is 42.8. The molecule has 0 bridgehead atoms. The summed E-state index contributed by atoms with van der Waals surface area (Å²) in [5, 5.41) is 20.0. The molecule has 68 heavy (non-hydrogen) atoms. The van der Waals surface area contributed by atoms with Crippen LogP contribution in [0, 0.1) is 17.8 Å². The lowest BCUT2D eigenvalue weighted by molar-refractivity contribution is -0.320. The van der Waals surface area contributed by atoms with Crippen molar-refractivity contribution in [2.24, 2.45) is 17.8 Å². The van der Waals surface area contributed by atoms with E-state index in [-0.39, 0.29) is 45.1 Å². The number of hydrogen-bond acceptors (Lipinski definition) is 21. The van der Waals surface area contributed by atoms with Crippen molar-refractivity contribution in [2.75, 3.05) is 48.6 Å². The normalized spacial score (nSPS) is 28.3. The molecule has 16 atom stereocenters. The third kappa shape index (κ3) is 17.7. The summed E-state index contributed by atoms with van der Waals surface area (Å²) in [6.07, 6.45) is -12.3. The number of nitrogens with zero attached hydrogens (tertiary/aromatic N) is 1. The number of rotatable bonds is 28. The van der Waals surface area contributed by atoms with Crippen LogP contribution in [-0.2, 0) is 85.6 Å². The molecule has 394 valence electrons. The number of esters is 6. The van der Waals surface area contributed by atoms with Gasteiger partial charge < -0.3 is 72.0 Å². The smallest absolute Gasteiger partial charge is 0.309 e. The van der Waals surface area contributed by atoms with Crippen molar-refractivity contribution in [1.29, 1.82) is 0 Å². The van der Waals surface area contributed by atoms with Crippen molar-refractivity contribution in [1.82, 2.24) is 4.90 Å². The van der Waals surface area contributed by atoms with Gasteiger partial charge in [0.25, 0.3) is 0 Å². The predicted octanol–water partition coefficient (Wildman–Crippen LogP) is 3.03. The standard InChI is InChI=1S/C47H81NO20/c1-16-35(54)65-33(22-37(56)60-26(4)18-19-49)43(59-15)40(32(21-38(57-13)58-14)20-25(3)34(24-50)63-29(7)51)44-45(64-30(8)52)41(48(11)12)42(27(5)62-44)67-39-23-47(10,68-31(9)53)46(28(6)61-39)66-36(55)17-2/h25-28,32-34,38-46,49-50H,16-24H2,1-15H3/t25-,26-,27-,28+,32-,33-,34+,39-,40+,41+,42-,43-,44+,45-,46+,47-/m1/s1. The third-order valence-electron chi connectivity index (χ3n) is 12.5. The number of aliphatic hydroxyl groups is 2. The Balaban J connectivity index is 2.98. The van der Waals surface area contributed by atoms with E-state index in [4.69, 9.17) is 56.8 Å². The third-order valence-corrected chi connectivity index (χ3v) is 12.5. The molecule has 2 N–H and O–H groups in total. The molecule has 0 amide bonds. The molecule has 2 rings (SSSR count). The monoisotopic (exact) mass is 980 g/mol. The molecule has 2 aliphatic heterocycles. The Morgan fingerprint density at radius 1 is 0.750 bits per heavy atom. The number of likely N-dealkylation sites (N-methyl/N-ethyl adjacent to an activating group) is 1. The lowest BCUT2D eigenvalue weighted by Gasteiger charge is -2.53. The van der Waals surface area contributed by atoms with Crippen molar-refractivity contribution >= 4 is 35.8 Å². The van der Waals surface area contributed by atoms with Crippen LogP contribution in [0.2, 0.25) is 0 Å². The Morgan fingerprint density at radius 3 is 1.88 bits per heavy atom. The van der Waals surface area contributed by atoms with Gasteiger partial charge in [-0.1, -0.05) is 20.8 Å². The molecular weight excluding hydrogens is 899 g/mol. The van der Waals surface area contributed by atoms with Crippen LogP contribution in [0.4, 0.5) is 0 Å². The fourth-order valence-corrected chi connectivity index (χ4v) is 9.47. The highest BCUT2D eigenvalue weighted by Crippen LogP contribution is 2.44. The molecule has 0 aliphatic carbocycles. The summed E-state index contributed by atoms with van der Waals surface area (Å²) < 4.78 is 73.0. The van der Waals surface area contributed by atoms with Crippen molar-refractivity contribution in [3.05, 3.63) is 0 Å². The van der Waals surface area contributed by atoms with E-state index in [1.54, 1.807) is 67.5 Å². The molecular formula is C47H81NO20. The van der Waals surface area contributed by atoms with Gasteiger partial charge in [-0.2, -0.15) is 0 Å². The van der Waals surface area contributed by atoms with Crippen LogP contribution in [0.1, 0.15) is 114 Å². The van der Waals surface area contributed by atoms with E-state index in [0.29, 0.717) is 0 Å². The van der Waals surface area contributed by atoms with Gasteiger partial charge in [-0.05, 0) is 60.0 Å². The average molecular weight is 980 g/mol. The fraction of sp³-hybridized carbons (Fsp3) is 0.872. The molecule has 0 radical (unpaired) electrons. The number of carbonyl (C=O) groups is 6. The van der Waals surface area contributed by atoms with E-state index in [9.17, 15) is 39.0 Å². The average Bonchev–Trinajstić information content (AvgIpc) is 3.24. The van der Waals surface area contributed by atoms with Gasteiger partial charge in [-0.15, -0.1) is 0 Å². The number of aliphatic hydroxyl groups excluding tert-OH is 2. The summed E-state index contributed by atoms with van der Waals surface area (Å²) in [6.45, 7) is 14.6. The SMILES string of the molecule is CCC(=O)O[C@H](CC(=O)O[C@H](C)CCO)[C@@H](OC)[C@H]([C@@H](CC(OC)OC)C[C@@H](C)[C@H](CO)OC(C)=O)[C@@H]1O[C@H](C)[C@@H](O[C@@H]2C[C@@](C)(OC(C)=O)[C@@H](OC(=O)CC)[C@H](C)O2)[C@H](N(C)C)[C@H]1OC(C)=O. The van der Waals surface area contributed by atoms with Crippen LogP contribution in [0.25, 0.3) is 0 Å². The maximum Gasteiger partial charge on any atom is 0.309 e. The molecule has 2 saturated heterocycles. The first-order valence-corrected chi connectivity index (χ1v) is 23.5. The minimum atomic E-state index is -1.39. The summed E-state index contributed by atoms with van der Waals surface area (Å²) in [6, 6.07) is -0.840. The highest BCUT2D eigenvalue weighted by molar-refractivity contribution is 5.73. The van der Waals surface area contributed by atoms with Crippen LogP contribution in [0.5, 0.6) is 0 Å². The Hall–Kier alpha value is -3.54. The maximum atomic E-state index is 13.7. The lowest BCUT2D eigenvalue weighted by atomic mass is 9.70. The lowest BCUT2D eigenvalue weighted by Crippen LogP contribution is -2.68. The maximum absolute atomic E-state index is 13.7. The van der Waals surface area contributed by atoms with Crippen molar-refractivity contribution < 1.29 is 95.8 Å². The zero-order valence-electron chi connectivity index (χ0n) is 42.8. The van der Waals surface area contributed by atoms with Crippen molar-refractivity contribution in [3.8, 4) is 0 Å². The topological polar surface area (TPSA) is 257 Å². The molecule has 21 nitrogen and oxygen atoms in total. The molecule has 0 aromatic carbocycles. The van der Waals surface area contributed by atoms with Crippen LogP contribution in [-0.4, -0.2) is 185 Å². The summed E-state index contributed by atoms with van der Waals surface area (Å²) in [4.78, 5) is 79.4. The van der Waals surface area contributed by atoms with E-state index in [0.717, 1.165) is 0 Å². The largest absolute Gasteiger partial charge is 0.462 e. The number of hydrogen-bond donors (Lipinski definition) is 2. The van der Waals surface area contributed by atoms with Gasteiger partial charge in [-0.3, -0.25) is 28.8 Å². The van der Waals surface area contributed by atoms with Crippen molar-refractivity contribution in [2.45, 2.75) is 199 Å². The van der Waals surface area contributed by atoms with Crippen molar-refractivity contribution in [3.63, 3.8) is 0 Å². The molecule has 0 saturated carbocycles. The molecule has 0 spiro atoms. The Bertz CT molecular complexity index is 1590. The van der Waals surface area contributed by atoms with Crippen LogP contribution in [0.15, 0.2) is 0 Å². The molecule has 0 aromatic heterocycles. The molecule has 2 aliphatic rings. The number of methoxy groups -OCH3 is 3. The Labute approximate surface area is 401 Å². The van der Waals surface area contributed by atoms with Gasteiger partial charge >= 0.3 is 35.8 Å². The number of ether oxygens (including phenoxy) is 12. The second-order valence-corrected chi connectivity index (χ2v) is 18.2. The Kier molecular flexibility index (Phi) is 25.8. The van der Waals surface area contributed by atoms with Crippen LogP contribution >= 0.6 is 0 Å². The quantitative estimate of drug-likeness (QED) is 0.0649. The molecule has 0 aromatic rings. The minimum absolute atomic E-state index is 0.0702. The fourth-order valence-electron chi connectivity index (χ4n) is 9.47. The van der Waals surface area contributed by atoms with Gasteiger partial charge in [0.15, 0.2) is 24.3 Å². The molecule has 2 fully saturated rings. The minimum Gasteiger partial charge on any atom is -0.462 e. The summed E-state index contributed by atoms with van der Waals surface area (Å²) in [5.41, 5.74) is -1.39. The Morgan fingerprint density at radius 2 is 1.38 bits per heavy atom. The van der Waals surface area contributed by atoms with Gasteiger partial charge in [0.05, 0.1) is 31.3 Å². The second-order valence-electron chi connectivity index (χ2n) is 18.2. The summed E-state index contributed by atoms with van der Waals surface area (Å²) in [7, 11) is 7.79. The van der Waals surface area contributed by atoms with Crippen LogP contribution in [0.3, 0.4) is 0 Å². The first-order chi connectivity index (χ1) is 31.9. The van der Waals surface area contributed by atoms with E-state index in [1.807, 2.05) is 0 Å². The molecule has 0 unspecified atom stereocenters. The summed E-state index contributed by atoms with van der Waals surface area (Å²) >= 11 is 0. The number of carbonyl (C=O) groups excluding carboxylic acids is 6. The van der Waals surface area contributed by atoms with E-state index in [1.165, 1.54) is 42.1 Å². The predicted molar refractivity (Wildman–Crippen MR) is 240 cm³/mol. The van der Waals surface area contributed by atoms with Gasteiger partial charge in [-0.25, -0.2) is 0 Å². The zero-order chi connectivity index (χ0) is 51.6. The highest BCUT2D eigenvalue weighted by Gasteiger charge is 2.58. The van der Waals surface area contributed by atoms with E-state index in [2.05, 4.69) is 0 Å². The van der Waals surface area contributed by atoms with Crippen LogP contribution < -0.4 is 0 Å². The van der Waals surface area contributed by atoms with Gasteiger partial charge in [0, 0.05) is 86.7 Å². The molecule has 21 heteroatoms. The highest BCUT2D eigenvalue weighted by atomic mass is 16.7. The second kappa shape index (κ2) is 29.0. The first kappa shape index (κ1) is 60.6. The van der Waals surface area contributed by atoms with Gasteiger partial charge in [0.2, 0.25) is 0 Å². The van der Waals surface area contributed by atoms with E-state index >= 15 is 0 Å². The molecule has 2 heterocycles. The summed E-state index contributed by atoms with van der Waals surface area (Å²) in [5.74, 6) is -6.13. The van der Waals surface area contributed by atoms with Gasteiger partial charge in [0.1, 0.15) is 42.7 Å². The first-order valence-electron chi connectivity index (χ1n) is 23.5.